The maximum atomic E-state index is 13.5. The molecule has 18 heavy (non-hydrogen) atoms. The van der Waals surface area contributed by atoms with Crippen LogP contribution in [0.3, 0.4) is 0 Å². The van der Waals surface area contributed by atoms with Gasteiger partial charge in [0.25, 0.3) is 0 Å². The molecular weight excluding hydrogens is 305 g/mol. The van der Waals surface area contributed by atoms with E-state index in [1.807, 2.05) is 0 Å². The van der Waals surface area contributed by atoms with Crippen LogP contribution in [-0.4, -0.2) is 25.3 Å². The number of hydrogen-bond donors (Lipinski definition) is 0. The van der Waals surface area contributed by atoms with Crippen LogP contribution in [0.15, 0.2) is 34.8 Å². The molecule has 0 unspecified atom stereocenters. The Balaban J connectivity index is 1.97. The Morgan fingerprint density at radius 3 is 3.00 bits per heavy atom. The number of benzene rings is 1. The van der Waals surface area contributed by atoms with Crippen LogP contribution in [0.25, 0.3) is 5.65 Å². The summed E-state index contributed by atoms with van der Waals surface area (Å²) in [6, 6.07) is 7.58. The van der Waals surface area contributed by atoms with Crippen molar-refractivity contribution in [2.24, 2.45) is 0 Å². The molecule has 0 aliphatic rings. The fraction of sp³-hybridized carbons (Fsp3) is 0. The molecule has 0 saturated carbocycles. The van der Waals surface area contributed by atoms with Crippen molar-refractivity contribution in [2.75, 3.05) is 0 Å². The molecule has 0 spiro atoms. The van der Waals surface area contributed by atoms with Crippen LogP contribution in [0.5, 0.6) is 11.6 Å². The summed E-state index contributed by atoms with van der Waals surface area (Å²) in [5.41, 5.74) is 0.483. The van der Waals surface area contributed by atoms with E-state index in [2.05, 4.69) is 36.6 Å². The molecule has 0 aliphatic heterocycles. The molecule has 2 aromatic heterocycles. The number of hydrogen-bond acceptors (Lipinski definition) is 5. The zero-order valence-corrected chi connectivity index (χ0v) is 10.4. The SMILES string of the molecule is Fc1ccc(Br)cc1Oc1ccc2nnnn2n1. The maximum Gasteiger partial charge on any atom is 0.239 e. The summed E-state index contributed by atoms with van der Waals surface area (Å²) < 4.78 is 20.7. The van der Waals surface area contributed by atoms with Gasteiger partial charge in [-0.25, -0.2) is 4.39 Å². The summed E-state index contributed by atoms with van der Waals surface area (Å²) in [5.74, 6) is -0.201. The predicted molar refractivity (Wildman–Crippen MR) is 62.8 cm³/mol. The van der Waals surface area contributed by atoms with Crippen LogP contribution in [-0.2, 0) is 0 Å². The van der Waals surface area contributed by atoms with Gasteiger partial charge in [-0.2, -0.15) is 0 Å². The number of halogens is 2. The number of ether oxygens (including phenoxy) is 1. The number of aromatic nitrogens is 5. The van der Waals surface area contributed by atoms with Crippen LogP contribution in [0, 0.1) is 5.82 Å². The average molecular weight is 310 g/mol. The third-order valence-corrected chi connectivity index (χ3v) is 2.65. The number of nitrogens with zero attached hydrogens (tertiary/aromatic N) is 5. The Hall–Kier alpha value is -2.09. The van der Waals surface area contributed by atoms with Crippen molar-refractivity contribution in [3.05, 3.63) is 40.6 Å². The van der Waals surface area contributed by atoms with Gasteiger partial charge in [-0.1, -0.05) is 15.9 Å². The van der Waals surface area contributed by atoms with Gasteiger partial charge >= 0.3 is 0 Å². The van der Waals surface area contributed by atoms with Gasteiger partial charge in [0.2, 0.25) is 5.88 Å². The summed E-state index contributed by atoms with van der Waals surface area (Å²) in [6.07, 6.45) is 0. The molecule has 0 amide bonds. The van der Waals surface area contributed by atoms with E-state index in [1.165, 1.54) is 16.8 Å². The van der Waals surface area contributed by atoms with Crippen molar-refractivity contribution >= 4 is 21.6 Å². The second-order valence-corrected chi connectivity index (χ2v) is 4.29. The van der Waals surface area contributed by atoms with Crippen LogP contribution in [0.1, 0.15) is 0 Å². The van der Waals surface area contributed by atoms with Gasteiger partial charge in [-0.3, -0.25) is 0 Å². The summed E-state index contributed by atoms with van der Waals surface area (Å²) in [6.45, 7) is 0. The summed E-state index contributed by atoms with van der Waals surface area (Å²) >= 11 is 3.24. The van der Waals surface area contributed by atoms with E-state index >= 15 is 0 Å². The highest BCUT2D eigenvalue weighted by molar-refractivity contribution is 9.10. The minimum Gasteiger partial charge on any atom is -0.434 e. The largest absolute Gasteiger partial charge is 0.434 e. The van der Waals surface area contributed by atoms with Crippen LogP contribution in [0.2, 0.25) is 0 Å². The predicted octanol–water partition coefficient (Wildman–Crippen LogP) is 2.21. The van der Waals surface area contributed by atoms with Gasteiger partial charge in [0, 0.05) is 10.5 Å². The second kappa shape index (κ2) is 4.30. The highest BCUT2D eigenvalue weighted by atomic mass is 79.9. The van der Waals surface area contributed by atoms with E-state index in [0.29, 0.717) is 10.1 Å². The summed E-state index contributed by atoms with van der Waals surface area (Å²) in [4.78, 5) is 0. The lowest BCUT2D eigenvalue weighted by molar-refractivity contribution is 0.416. The zero-order valence-electron chi connectivity index (χ0n) is 8.79. The normalized spacial score (nSPS) is 10.8. The van der Waals surface area contributed by atoms with Crippen LogP contribution >= 0.6 is 15.9 Å². The van der Waals surface area contributed by atoms with E-state index < -0.39 is 5.82 Å². The molecule has 0 fully saturated rings. The van der Waals surface area contributed by atoms with E-state index in [1.54, 1.807) is 18.2 Å². The minimum atomic E-state index is -0.475. The lowest BCUT2D eigenvalue weighted by Gasteiger charge is -2.05. The third kappa shape index (κ3) is 2.02. The number of fused-ring (bicyclic) bond motifs is 1. The molecule has 8 heteroatoms. The quantitative estimate of drug-likeness (QED) is 0.726. The molecule has 0 N–H and O–H groups in total. The Morgan fingerprint density at radius 1 is 1.22 bits per heavy atom. The van der Waals surface area contributed by atoms with Crippen molar-refractivity contribution in [3.63, 3.8) is 0 Å². The van der Waals surface area contributed by atoms with Crippen molar-refractivity contribution < 1.29 is 9.13 Å². The minimum absolute atomic E-state index is 0.0734. The van der Waals surface area contributed by atoms with Gasteiger partial charge in [0.05, 0.1) is 0 Å². The van der Waals surface area contributed by atoms with Gasteiger partial charge < -0.3 is 4.74 Å². The lowest BCUT2D eigenvalue weighted by Crippen LogP contribution is -1.98. The molecule has 6 nitrogen and oxygen atoms in total. The Bertz CT molecular complexity index is 716. The Morgan fingerprint density at radius 2 is 2.11 bits per heavy atom. The van der Waals surface area contributed by atoms with Crippen molar-refractivity contribution in [2.45, 2.75) is 0 Å². The highest BCUT2D eigenvalue weighted by Crippen LogP contribution is 2.26. The van der Waals surface area contributed by atoms with Gasteiger partial charge in [-0.15, -0.1) is 14.8 Å². The molecule has 0 aliphatic carbocycles. The Kier molecular flexibility index (Phi) is 2.63. The molecule has 0 radical (unpaired) electrons. The fourth-order valence-corrected chi connectivity index (χ4v) is 1.70. The van der Waals surface area contributed by atoms with Crippen LogP contribution in [0.4, 0.5) is 4.39 Å². The molecular formula is C10H5BrFN5O. The second-order valence-electron chi connectivity index (χ2n) is 3.37. The first-order valence-corrected chi connectivity index (χ1v) is 5.70. The van der Waals surface area contributed by atoms with Gasteiger partial charge in [0.15, 0.2) is 17.2 Å². The molecule has 0 bridgehead atoms. The van der Waals surface area contributed by atoms with Crippen molar-refractivity contribution in [1.82, 2.24) is 25.3 Å². The highest BCUT2D eigenvalue weighted by Gasteiger charge is 2.08. The lowest BCUT2D eigenvalue weighted by atomic mass is 10.3. The monoisotopic (exact) mass is 309 g/mol. The first-order chi connectivity index (χ1) is 8.72. The van der Waals surface area contributed by atoms with E-state index in [4.69, 9.17) is 4.74 Å². The fourth-order valence-electron chi connectivity index (χ4n) is 1.36. The van der Waals surface area contributed by atoms with Crippen LogP contribution < -0.4 is 4.74 Å². The molecule has 90 valence electrons. The summed E-state index contributed by atoms with van der Waals surface area (Å²) in [7, 11) is 0. The van der Waals surface area contributed by atoms with E-state index in [-0.39, 0.29) is 11.6 Å². The molecule has 2 heterocycles. The smallest absolute Gasteiger partial charge is 0.239 e. The number of tetrazole rings is 1. The standard InChI is InChI=1S/C10H5BrFN5O/c11-6-1-2-7(12)8(5-6)18-10-4-3-9-13-15-16-17(9)14-10/h1-5H. The summed E-state index contributed by atoms with van der Waals surface area (Å²) in [5, 5.41) is 14.7. The third-order valence-electron chi connectivity index (χ3n) is 2.15. The first-order valence-electron chi connectivity index (χ1n) is 4.91. The zero-order chi connectivity index (χ0) is 12.5. The molecule has 1 aromatic carbocycles. The first kappa shape index (κ1) is 11.0. The molecule has 0 saturated heterocycles. The van der Waals surface area contributed by atoms with Gasteiger partial charge in [-0.05, 0) is 34.7 Å². The molecule has 3 rings (SSSR count). The number of rotatable bonds is 2. The topological polar surface area (TPSA) is 65.2 Å². The van der Waals surface area contributed by atoms with E-state index in [9.17, 15) is 4.39 Å². The van der Waals surface area contributed by atoms with E-state index in [0.717, 1.165) is 0 Å². The van der Waals surface area contributed by atoms with Crippen molar-refractivity contribution in [1.29, 1.82) is 0 Å². The van der Waals surface area contributed by atoms with Crippen molar-refractivity contribution in [3.8, 4) is 11.6 Å². The average Bonchev–Trinajstić information content (AvgIpc) is 2.81. The van der Waals surface area contributed by atoms with Gasteiger partial charge in [0.1, 0.15) is 0 Å². The molecule has 3 aromatic rings. The maximum absolute atomic E-state index is 13.5. The molecule has 0 atom stereocenters. The Labute approximate surface area is 109 Å².